The molecule has 0 radical (unpaired) electrons. The van der Waals surface area contributed by atoms with E-state index in [2.05, 4.69) is 10.4 Å². The summed E-state index contributed by atoms with van der Waals surface area (Å²) < 4.78 is 21.1. The van der Waals surface area contributed by atoms with Crippen LogP contribution in [0.5, 0.6) is 11.5 Å². The van der Waals surface area contributed by atoms with Gasteiger partial charge in [-0.15, -0.1) is 0 Å². The largest absolute Gasteiger partial charge is 0.453 e. The van der Waals surface area contributed by atoms with E-state index >= 15 is 0 Å². The third-order valence-electron chi connectivity index (χ3n) is 6.74. The van der Waals surface area contributed by atoms with Crippen molar-refractivity contribution in [2.45, 2.75) is 13.8 Å². The first-order chi connectivity index (χ1) is 19.7. The van der Waals surface area contributed by atoms with Crippen LogP contribution in [0, 0.1) is 12.7 Å². The SMILES string of the molecule is CC(=O)N1CCN(C(=O)c2cccc(Nc3c(Oc4ccc(Cl)c(C)c4)cnn(-c4cccc(F)c4)c3=O)c2)CC1. The lowest BCUT2D eigenvalue weighted by atomic mass is 10.1. The van der Waals surface area contributed by atoms with Crippen molar-refractivity contribution < 1.29 is 18.7 Å². The van der Waals surface area contributed by atoms with Gasteiger partial charge < -0.3 is 19.9 Å². The van der Waals surface area contributed by atoms with Crippen LogP contribution in [0.1, 0.15) is 22.8 Å². The van der Waals surface area contributed by atoms with Crippen LogP contribution >= 0.6 is 11.6 Å². The van der Waals surface area contributed by atoms with E-state index in [4.69, 9.17) is 16.3 Å². The monoisotopic (exact) mass is 575 g/mol. The van der Waals surface area contributed by atoms with Crippen molar-refractivity contribution in [3.63, 3.8) is 0 Å². The molecule has 1 saturated heterocycles. The topological polar surface area (TPSA) is 96.8 Å². The molecule has 1 fully saturated rings. The first-order valence-corrected chi connectivity index (χ1v) is 13.3. The molecule has 9 nitrogen and oxygen atoms in total. The highest BCUT2D eigenvalue weighted by atomic mass is 35.5. The Hall–Kier alpha value is -4.70. The number of aryl methyl sites for hydroxylation is 1. The fourth-order valence-electron chi connectivity index (χ4n) is 4.51. The number of carbonyl (C=O) groups is 2. The molecule has 0 aliphatic carbocycles. The molecule has 0 unspecified atom stereocenters. The number of anilines is 2. The molecule has 5 rings (SSSR count). The lowest BCUT2D eigenvalue weighted by Crippen LogP contribution is -2.50. The van der Waals surface area contributed by atoms with Crippen LogP contribution in [0.15, 0.2) is 77.7 Å². The molecular formula is C30H27ClFN5O4. The molecule has 1 aliphatic heterocycles. The van der Waals surface area contributed by atoms with Gasteiger partial charge in [-0.3, -0.25) is 14.4 Å². The van der Waals surface area contributed by atoms with Gasteiger partial charge in [0.2, 0.25) is 5.91 Å². The van der Waals surface area contributed by atoms with Crippen LogP contribution in [-0.2, 0) is 4.79 Å². The van der Waals surface area contributed by atoms with Gasteiger partial charge in [-0.1, -0.05) is 23.7 Å². The number of piperazine rings is 1. The summed E-state index contributed by atoms with van der Waals surface area (Å²) in [6.45, 7) is 5.15. The molecule has 0 spiro atoms. The van der Waals surface area contributed by atoms with Crippen LogP contribution in [-0.4, -0.2) is 57.6 Å². The number of amides is 2. The highest BCUT2D eigenvalue weighted by molar-refractivity contribution is 6.31. The van der Waals surface area contributed by atoms with Gasteiger partial charge in [0.25, 0.3) is 11.5 Å². The summed E-state index contributed by atoms with van der Waals surface area (Å²) in [7, 11) is 0. The lowest BCUT2D eigenvalue weighted by molar-refractivity contribution is -0.130. The first-order valence-electron chi connectivity index (χ1n) is 12.9. The average Bonchev–Trinajstić information content (AvgIpc) is 2.96. The van der Waals surface area contributed by atoms with Crippen molar-refractivity contribution in [1.29, 1.82) is 0 Å². The normalized spacial score (nSPS) is 13.2. The number of ether oxygens (including phenoxy) is 1. The standard InChI is InChI=1S/C30H27ClFN5O4/c1-19-15-25(9-10-26(19)31)41-27-18-33-37(24-8-4-6-22(32)17-24)30(40)28(27)34-23-7-3-5-21(16-23)29(39)36-13-11-35(12-14-36)20(2)38/h3-10,15-18,34H,11-14H2,1-2H3. The third kappa shape index (κ3) is 6.22. The molecule has 1 N–H and O–H groups in total. The van der Waals surface area contributed by atoms with Gasteiger partial charge in [0.1, 0.15) is 11.6 Å². The number of carbonyl (C=O) groups excluding carboxylic acids is 2. The summed E-state index contributed by atoms with van der Waals surface area (Å²) in [6.07, 6.45) is 1.36. The molecule has 0 saturated carbocycles. The summed E-state index contributed by atoms with van der Waals surface area (Å²) in [4.78, 5) is 42.0. The maximum absolute atomic E-state index is 14.0. The zero-order valence-electron chi connectivity index (χ0n) is 22.4. The summed E-state index contributed by atoms with van der Waals surface area (Å²) >= 11 is 6.15. The van der Waals surface area contributed by atoms with Crippen LogP contribution in [0.2, 0.25) is 5.02 Å². The van der Waals surface area contributed by atoms with Gasteiger partial charge in [-0.25, -0.2) is 4.39 Å². The highest BCUT2D eigenvalue weighted by Crippen LogP contribution is 2.31. The fourth-order valence-corrected chi connectivity index (χ4v) is 4.63. The number of aromatic nitrogens is 2. The maximum atomic E-state index is 14.0. The Labute approximate surface area is 240 Å². The predicted molar refractivity (Wildman–Crippen MR) is 154 cm³/mol. The second-order valence-corrected chi connectivity index (χ2v) is 10.0. The zero-order valence-corrected chi connectivity index (χ0v) is 23.2. The van der Waals surface area contributed by atoms with Crippen LogP contribution < -0.4 is 15.6 Å². The second-order valence-electron chi connectivity index (χ2n) is 9.60. The third-order valence-corrected chi connectivity index (χ3v) is 7.17. The molecular weight excluding hydrogens is 549 g/mol. The minimum Gasteiger partial charge on any atom is -0.453 e. The van der Waals surface area contributed by atoms with Gasteiger partial charge in [-0.05, 0) is 67.1 Å². The molecule has 11 heteroatoms. The Bertz CT molecular complexity index is 1680. The molecule has 41 heavy (non-hydrogen) atoms. The van der Waals surface area contributed by atoms with Gasteiger partial charge in [0.05, 0.1) is 11.9 Å². The molecule has 1 aliphatic rings. The number of halogens is 2. The van der Waals surface area contributed by atoms with E-state index in [9.17, 15) is 18.8 Å². The Morgan fingerprint density at radius 1 is 0.976 bits per heavy atom. The van der Waals surface area contributed by atoms with Gasteiger partial charge >= 0.3 is 0 Å². The van der Waals surface area contributed by atoms with Gasteiger partial charge in [-0.2, -0.15) is 9.78 Å². The van der Waals surface area contributed by atoms with Crippen molar-refractivity contribution in [3.05, 3.63) is 105 Å². The average molecular weight is 576 g/mol. The predicted octanol–water partition coefficient (Wildman–Crippen LogP) is 5.17. The fraction of sp³-hybridized carbons (Fsp3) is 0.200. The van der Waals surface area contributed by atoms with Crippen molar-refractivity contribution in [1.82, 2.24) is 19.6 Å². The Morgan fingerprint density at radius 2 is 1.71 bits per heavy atom. The van der Waals surface area contributed by atoms with Crippen LogP contribution in [0.25, 0.3) is 5.69 Å². The van der Waals surface area contributed by atoms with Crippen molar-refractivity contribution >= 4 is 34.8 Å². The molecule has 0 atom stereocenters. The quantitative estimate of drug-likeness (QED) is 0.341. The van der Waals surface area contributed by atoms with Crippen molar-refractivity contribution in [3.8, 4) is 17.2 Å². The molecule has 0 bridgehead atoms. The number of rotatable bonds is 6. The Balaban J connectivity index is 1.48. The molecule has 3 aromatic carbocycles. The van der Waals surface area contributed by atoms with Gasteiger partial charge in [0.15, 0.2) is 11.4 Å². The first kappa shape index (κ1) is 27.9. The number of nitrogens with one attached hydrogen (secondary N) is 1. The van der Waals surface area contributed by atoms with E-state index < -0.39 is 11.4 Å². The number of hydrogen-bond acceptors (Lipinski definition) is 6. The number of hydrogen-bond donors (Lipinski definition) is 1. The van der Waals surface area contributed by atoms with Crippen molar-refractivity contribution in [2.75, 3.05) is 31.5 Å². The maximum Gasteiger partial charge on any atom is 0.299 e. The Morgan fingerprint density at radius 3 is 2.41 bits per heavy atom. The van der Waals surface area contributed by atoms with E-state index in [0.717, 1.165) is 10.2 Å². The zero-order chi connectivity index (χ0) is 29.1. The summed E-state index contributed by atoms with van der Waals surface area (Å²) in [5.74, 6) is -0.152. The van der Waals surface area contributed by atoms with Crippen LogP contribution in [0.4, 0.5) is 15.8 Å². The van der Waals surface area contributed by atoms with E-state index in [-0.39, 0.29) is 28.9 Å². The Kier molecular flexibility index (Phi) is 8.02. The van der Waals surface area contributed by atoms with Crippen molar-refractivity contribution in [2.24, 2.45) is 0 Å². The van der Waals surface area contributed by atoms with E-state index in [1.807, 2.05) is 6.92 Å². The summed E-state index contributed by atoms with van der Waals surface area (Å²) in [5.41, 5.74) is 1.36. The smallest absolute Gasteiger partial charge is 0.299 e. The van der Waals surface area contributed by atoms with E-state index in [1.165, 1.54) is 31.3 Å². The minimum atomic E-state index is -0.587. The van der Waals surface area contributed by atoms with Crippen LogP contribution in [0.3, 0.4) is 0 Å². The molecule has 1 aromatic heterocycles. The highest BCUT2D eigenvalue weighted by Gasteiger charge is 2.24. The summed E-state index contributed by atoms with van der Waals surface area (Å²) in [6, 6.07) is 17.4. The minimum absolute atomic E-state index is 0.0173. The van der Waals surface area contributed by atoms with E-state index in [0.29, 0.717) is 48.2 Å². The van der Waals surface area contributed by atoms with Gasteiger partial charge in [0, 0.05) is 49.4 Å². The molecule has 2 amide bonds. The molecule has 2 heterocycles. The lowest BCUT2D eigenvalue weighted by Gasteiger charge is -2.34. The van der Waals surface area contributed by atoms with E-state index in [1.54, 1.807) is 58.3 Å². The second kappa shape index (κ2) is 11.8. The number of nitrogens with zero attached hydrogens (tertiary/aromatic N) is 4. The molecule has 4 aromatic rings. The summed E-state index contributed by atoms with van der Waals surface area (Å²) in [5, 5.41) is 7.87. The number of benzene rings is 3. The molecule has 210 valence electrons.